The number of nitrogens with one attached hydrogen (secondary N) is 3. The lowest BCUT2D eigenvalue weighted by atomic mass is 10.5. The smallest absolute Gasteiger partial charge is 0.223 e. The zero-order chi connectivity index (χ0) is 14.3. The summed E-state index contributed by atoms with van der Waals surface area (Å²) in [7, 11) is -3.24. The van der Waals surface area contributed by atoms with E-state index in [9.17, 15) is 8.42 Å². The van der Waals surface area contributed by atoms with Crippen LogP contribution in [-0.4, -0.2) is 43.8 Å². The molecule has 19 heavy (non-hydrogen) atoms. The zero-order valence-electron chi connectivity index (χ0n) is 11.1. The van der Waals surface area contributed by atoms with Crippen molar-refractivity contribution in [1.29, 1.82) is 0 Å². The third-order valence-corrected chi connectivity index (χ3v) is 3.61. The first-order valence-corrected chi connectivity index (χ1v) is 7.71. The fourth-order valence-corrected chi connectivity index (χ4v) is 2.39. The Morgan fingerprint density at radius 2 is 1.79 bits per heavy atom. The molecule has 0 saturated heterocycles. The van der Waals surface area contributed by atoms with Gasteiger partial charge in [-0.25, -0.2) is 13.1 Å². The SMILES string of the molecule is CCNc1cc(NCCS(=O)(=O)NCC)nc(N)n1. The van der Waals surface area contributed by atoms with E-state index in [4.69, 9.17) is 5.73 Å². The maximum absolute atomic E-state index is 11.4. The Balaban J connectivity index is 2.58. The number of rotatable bonds is 8. The van der Waals surface area contributed by atoms with Crippen LogP contribution in [0.15, 0.2) is 6.07 Å². The predicted molar refractivity (Wildman–Crippen MR) is 76.6 cm³/mol. The van der Waals surface area contributed by atoms with Crippen molar-refractivity contribution in [3.63, 3.8) is 0 Å². The summed E-state index contributed by atoms with van der Waals surface area (Å²) in [6, 6.07) is 1.68. The average molecular weight is 288 g/mol. The fourth-order valence-electron chi connectivity index (χ4n) is 1.43. The van der Waals surface area contributed by atoms with Gasteiger partial charge < -0.3 is 16.4 Å². The molecule has 0 bridgehead atoms. The lowest BCUT2D eigenvalue weighted by molar-refractivity contribution is 0.584. The van der Waals surface area contributed by atoms with Gasteiger partial charge in [-0.05, 0) is 6.92 Å². The van der Waals surface area contributed by atoms with Crippen LogP contribution in [0.4, 0.5) is 17.6 Å². The molecule has 0 aliphatic heterocycles. The number of hydrogen-bond donors (Lipinski definition) is 4. The van der Waals surface area contributed by atoms with Gasteiger partial charge in [-0.15, -0.1) is 0 Å². The van der Waals surface area contributed by atoms with Gasteiger partial charge in [0.05, 0.1) is 5.75 Å². The first-order chi connectivity index (χ1) is 8.96. The van der Waals surface area contributed by atoms with Crippen molar-refractivity contribution in [2.45, 2.75) is 13.8 Å². The minimum absolute atomic E-state index is 0.0265. The molecule has 1 aromatic rings. The Labute approximate surface area is 113 Å². The van der Waals surface area contributed by atoms with Crippen molar-refractivity contribution in [2.24, 2.45) is 0 Å². The Morgan fingerprint density at radius 1 is 1.16 bits per heavy atom. The van der Waals surface area contributed by atoms with Gasteiger partial charge >= 0.3 is 0 Å². The topological polar surface area (TPSA) is 122 Å². The first kappa shape index (κ1) is 15.4. The third kappa shape index (κ3) is 5.71. The monoisotopic (exact) mass is 288 g/mol. The maximum Gasteiger partial charge on any atom is 0.223 e. The van der Waals surface area contributed by atoms with E-state index in [1.807, 2.05) is 6.92 Å². The Morgan fingerprint density at radius 3 is 2.37 bits per heavy atom. The van der Waals surface area contributed by atoms with Crippen LogP contribution in [0.1, 0.15) is 13.8 Å². The van der Waals surface area contributed by atoms with E-state index in [-0.39, 0.29) is 18.2 Å². The Bertz CT molecular complexity index is 505. The van der Waals surface area contributed by atoms with Gasteiger partial charge in [0.25, 0.3) is 0 Å². The molecule has 5 N–H and O–H groups in total. The molecule has 1 aromatic heterocycles. The van der Waals surface area contributed by atoms with Crippen LogP contribution in [0.5, 0.6) is 0 Å². The largest absolute Gasteiger partial charge is 0.370 e. The van der Waals surface area contributed by atoms with Gasteiger partial charge in [-0.1, -0.05) is 6.92 Å². The van der Waals surface area contributed by atoms with Gasteiger partial charge in [0, 0.05) is 25.7 Å². The number of nitrogens with zero attached hydrogens (tertiary/aromatic N) is 2. The fraction of sp³-hybridized carbons (Fsp3) is 0.600. The predicted octanol–water partition coefficient (Wildman–Crippen LogP) is -0.158. The molecule has 0 atom stereocenters. The lowest BCUT2D eigenvalue weighted by Gasteiger charge is -2.09. The molecule has 0 unspecified atom stereocenters. The number of sulfonamides is 1. The van der Waals surface area contributed by atoms with Crippen molar-refractivity contribution in [2.75, 3.05) is 41.8 Å². The first-order valence-electron chi connectivity index (χ1n) is 6.06. The standard InChI is InChI=1S/C10H20N6O2S/c1-3-12-8-7-9(16-10(11)15-8)13-5-6-19(17,18)14-4-2/h7,14H,3-6H2,1-2H3,(H4,11,12,13,15,16). The molecule has 1 rings (SSSR count). The third-order valence-electron chi connectivity index (χ3n) is 2.14. The van der Waals surface area contributed by atoms with Crippen LogP contribution >= 0.6 is 0 Å². The van der Waals surface area contributed by atoms with E-state index in [0.29, 0.717) is 24.7 Å². The molecule has 0 saturated carbocycles. The second-order valence-corrected chi connectivity index (χ2v) is 5.70. The van der Waals surface area contributed by atoms with Crippen molar-refractivity contribution in [3.8, 4) is 0 Å². The van der Waals surface area contributed by atoms with Crippen molar-refractivity contribution in [1.82, 2.24) is 14.7 Å². The second-order valence-electron chi connectivity index (χ2n) is 3.77. The van der Waals surface area contributed by atoms with E-state index in [1.54, 1.807) is 13.0 Å². The zero-order valence-corrected chi connectivity index (χ0v) is 11.9. The Kier molecular flexibility index (Phi) is 5.77. The van der Waals surface area contributed by atoms with Crippen LogP contribution in [0.25, 0.3) is 0 Å². The number of aromatic nitrogens is 2. The number of nitrogen functional groups attached to an aromatic ring is 1. The van der Waals surface area contributed by atoms with E-state index in [1.165, 1.54) is 0 Å². The van der Waals surface area contributed by atoms with Crippen LogP contribution in [0.2, 0.25) is 0 Å². The highest BCUT2D eigenvalue weighted by Gasteiger charge is 2.08. The molecule has 0 aliphatic carbocycles. The van der Waals surface area contributed by atoms with E-state index >= 15 is 0 Å². The van der Waals surface area contributed by atoms with Gasteiger partial charge in [0.15, 0.2) is 0 Å². The highest BCUT2D eigenvalue weighted by atomic mass is 32.2. The van der Waals surface area contributed by atoms with Gasteiger partial charge in [0.1, 0.15) is 11.6 Å². The molecule has 9 heteroatoms. The van der Waals surface area contributed by atoms with E-state index < -0.39 is 10.0 Å². The molecule has 0 aliphatic rings. The number of hydrogen-bond acceptors (Lipinski definition) is 7. The molecular weight excluding hydrogens is 268 g/mol. The highest BCUT2D eigenvalue weighted by molar-refractivity contribution is 7.89. The van der Waals surface area contributed by atoms with Crippen LogP contribution in [-0.2, 0) is 10.0 Å². The van der Waals surface area contributed by atoms with E-state index in [2.05, 4.69) is 25.3 Å². The molecule has 0 fully saturated rings. The summed E-state index contributed by atoms with van der Waals surface area (Å²) in [6.07, 6.45) is 0. The lowest BCUT2D eigenvalue weighted by Crippen LogP contribution is -2.29. The summed E-state index contributed by atoms with van der Waals surface area (Å²) in [5.74, 6) is 1.21. The molecular formula is C10H20N6O2S. The quantitative estimate of drug-likeness (QED) is 0.524. The average Bonchev–Trinajstić information content (AvgIpc) is 2.28. The van der Waals surface area contributed by atoms with E-state index in [0.717, 1.165) is 0 Å². The summed E-state index contributed by atoms with van der Waals surface area (Å²) in [5.41, 5.74) is 5.56. The van der Waals surface area contributed by atoms with Crippen molar-refractivity contribution < 1.29 is 8.42 Å². The van der Waals surface area contributed by atoms with Gasteiger partial charge in [-0.3, -0.25) is 0 Å². The Hall–Kier alpha value is -1.61. The van der Waals surface area contributed by atoms with Crippen molar-refractivity contribution in [3.05, 3.63) is 6.07 Å². The highest BCUT2D eigenvalue weighted by Crippen LogP contribution is 2.11. The minimum atomic E-state index is -3.24. The second kappa shape index (κ2) is 7.10. The molecule has 0 radical (unpaired) electrons. The molecule has 108 valence electrons. The molecule has 0 amide bonds. The minimum Gasteiger partial charge on any atom is -0.370 e. The summed E-state index contributed by atoms with van der Waals surface area (Å²) < 4.78 is 25.3. The van der Waals surface area contributed by atoms with Crippen LogP contribution in [0, 0.1) is 0 Å². The molecule has 8 nitrogen and oxygen atoms in total. The summed E-state index contributed by atoms with van der Waals surface area (Å²) in [4.78, 5) is 7.98. The van der Waals surface area contributed by atoms with Crippen molar-refractivity contribution >= 4 is 27.6 Å². The summed E-state index contributed by atoms with van der Waals surface area (Å²) in [5, 5.41) is 5.92. The molecule has 0 spiro atoms. The summed E-state index contributed by atoms with van der Waals surface area (Å²) in [6.45, 7) is 5.02. The normalized spacial score (nSPS) is 11.3. The number of nitrogens with two attached hydrogens (primary N) is 1. The summed E-state index contributed by atoms with van der Waals surface area (Å²) >= 11 is 0. The van der Waals surface area contributed by atoms with Gasteiger partial charge in [-0.2, -0.15) is 9.97 Å². The van der Waals surface area contributed by atoms with Gasteiger partial charge in [0.2, 0.25) is 16.0 Å². The number of anilines is 3. The van der Waals surface area contributed by atoms with Crippen LogP contribution < -0.4 is 21.1 Å². The molecule has 0 aromatic carbocycles. The maximum atomic E-state index is 11.4. The molecule has 1 heterocycles. The van der Waals surface area contributed by atoms with Crippen LogP contribution in [0.3, 0.4) is 0 Å².